The number of carbonyl (C=O) groups is 1. The normalized spacial score (nSPS) is 18.5. The standard InChI is InChI=1S/C23H25N3O3S/c1-15-24-18(14-30-15)17-11-20(25(2)13-17)23(27)26-8-3-5-19(26)16-6-7-21-22(12-16)29-10-4-9-28-21/h6-7,11-14,19H,3-5,8-10H2,1-2H3. The van der Waals surface area contributed by atoms with Gasteiger partial charge in [0.05, 0.1) is 30.0 Å². The molecule has 5 rings (SSSR count). The minimum atomic E-state index is 0.0505. The van der Waals surface area contributed by atoms with Crippen molar-refractivity contribution in [1.29, 1.82) is 0 Å². The number of aromatic nitrogens is 2. The number of amides is 1. The van der Waals surface area contributed by atoms with Crippen LogP contribution in [0.3, 0.4) is 0 Å². The van der Waals surface area contributed by atoms with E-state index < -0.39 is 0 Å². The van der Waals surface area contributed by atoms with Crippen molar-refractivity contribution in [3.05, 3.63) is 52.1 Å². The van der Waals surface area contributed by atoms with Gasteiger partial charge in [0.15, 0.2) is 11.5 Å². The zero-order valence-electron chi connectivity index (χ0n) is 17.3. The van der Waals surface area contributed by atoms with Gasteiger partial charge in [-0.15, -0.1) is 11.3 Å². The Hall–Kier alpha value is -2.80. The molecule has 0 aliphatic carbocycles. The summed E-state index contributed by atoms with van der Waals surface area (Å²) in [6, 6.07) is 8.10. The molecule has 2 aliphatic rings. The van der Waals surface area contributed by atoms with Crippen LogP contribution in [0.2, 0.25) is 0 Å². The first-order chi connectivity index (χ1) is 14.6. The van der Waals surface area contributed by atoms with Crippen LogP contribution in [0.15, 0.2) is 35.8 Å². The summed E-state index contributed by atoms with van der Waals surface area (Å²) in [5.41, 5.74) is 3.70. The summed E-state index contributed by atoms with van der Waals surface area (Å²) in [7, 11) is 1.93. The number of hydrogen-bond donors (Lipinski definition) is 0. The number of ether oxygens (including phenoxy) is 2. The molecule has 2 aliphatic heterocycles. The zero-order chi connectivity index (χ0) is 20.7. The fourth-order valence-corrected chi connectivity index (χ4v) is 4.93. The third-order valence-electron chi connectivity index (χ3n) is 5.81. The van der Waals surface area contributed by atoms with E-state index in [0.29, 0.717) is 18.9 Å². The molecule has 0 radical (unpaired) electrons. The Morgan fingerprint density at radius 3 is 2.80 bits per heavy atom. The smallest absolute Gasteiger partial charge is 0.271 e. The van der Waals surface area contributed by atoms with Crippen molar-refractivity contribution in [2.45, 2.75) is 32.2 Å². The first kappa shape index (κ1) is 19.2. The van der Waals surface area contributed by atoms with Gasteiger partial charge in [0.2, 0.25) is 0 Å². The van der Waals surface area contributed by atoms with Gasteiger partial charge >= 0.3 is 0 Å². The average molecular weight is 424 g/mol. The molecular formula is C23H25N3O3S. The van der Waals surface area contributed by atoms with Crippen molar-refractivity contribution in [3.63, 3.8) is 0 Å². The van der Waals surface area contributed by atoms with Crippen LogP contribution in [0.4, 0.5) is 0 Å². The Bertz CT molecular complexity index is 1090. The number of fused-ring (bicyclic) bond motifs is 1. The number of nitrogens with zero attached hydrogens (tertiary/aromatic N) is 3. The minimum Gasteiger partial charge on any atom is -0.490 e. The highest BCUT2D eigenvalue weighted by molar-refractivity contribution is 7.09. The van der Waals surface area contributed by atoms with Gasteiger partial charge in [-0.3, -0.25) is 4.79 Å². The van der Waals surface area contributed by atoms with E-state index in [1.807, 2.05) is 53.2 Å². The van der Waals surface area contributed by atoms with Gasteiger partial charge in [0.1, 0.15) is 5.69 Å². The number of carbonyl (C=O) groups excluding carboxylic acids is 1. The zero-order valence-corrected chi connectivity index (χ0v) is 18.1. The molecule has 1 atom stereocenters. The van der Waals surface area contributed by atoms with E-state index in [9.17, 15) is 4.79 Å². The highest BCUT2D eigenvalue weighted by atomic mass is 32.1. The SMILES string of the molecule is Cc1nc(-c2cc(C(=O)N3CCCC3c3ccc4c(c3)OCCCO4)n(C)c2)cs1. The minimum absolute atomic E-state index is 0.0505. The maximum Gasteiger partial charge on any atom is 0.271 e. The number of aryl methyl sites for hydroxylation is 2. The first-order valence-electron chi connectivity index (χ1n) is 10.4. The Morgan fingerprint density at radius 1 is 1.17 bits per heavy atom. The largest absolute Gasteiger partial charge is 0.490 e. The second-order valence-electron chi connectivity index (χ2n) is 7.89. The van der Waals surface area contributed by atoms with Crippen molar-refractivity contribution in [1.82, 2.24) is 14.5 Å². The topological polar surface area (TPSA) is 56.6 Å². The highest BCUT2D eigenvalue weighted by Gasteiger charge is 2.32. The van der Waals surface area contributed by atoms with Crippen molar-refractivity contribution in [2.24, 2.45) is 7.05 Å². The van der Waals surface area contributed by atoms with E-state index in [2.05, 4.69) is 11.1 Å². The molecule has 0 N–H and O–H groups in total. The maximum atomic E-state index is 13.5. The lowest BCUT2D eigenvalue weighted by Gasteiger charge is -2.26. The predicted molar refractivity (Wildman–Crippen MR) is 116 cm³/mol. The highest BCUT2D eigenvalue weighted by Crippen LogP contribution is 2.38. The number of rotatable bonds is 3. The molecular weight excluding hydrogens is 398 g/mol. The summed E-state index contributed by atoms with van der Waals surface area (Å²) >= 11 is 1.62. The second-order valence-corrected chi connectivity index (χ2v) is 8.95. The molecule has 7 heteroatoms. The number of thiazole rings is 1. The molecule has 1 saturated heterocycles. The summed E-state index contributed by atoms with van der Waals surface area (Å²) in [6.45, 7) is 4.09. The molecule has 30 heavy (non-hydrogen) atoms. The van der Waals surface area contributed by atoms with Gasteiger partial charge in [0.25, 0.3) is 5.91 Å². The Balaban J connectivity index is 1.42. The van der Waals surface area contributed by atoms with Crippen LogP contribution >= 0.6 is 11.3 Å². The van der Waals surface area contributed by atoms with E-state index in [0.717, 1.165) is 59.1 Å². The maximum absolute atomic E-state index is 13.5. The van der Waals surface area contributed by atoms with Gasteiger partial charge in [0, 0.05) is 37.2 Å². The van der Waals surface area contributed by atoms with Crippen LogP contribution in [0, 0.1) is 6.92 Å². The van der Waals surface area contributed by atoms with Crippen LogP contribution in [0.1, 0.15) is 46.4 Å². The molecule has 4 heterocycles. The van der Waals surface area contributed by atoms with Crippen LogP contribution in [-0.4, -0.2) is 40.1 Å². The molecule has 0 bridgehead atoms. The molecule has 1 aromatic carbocycles. The van der Waals surface area contributed by atoms with Crippen LogP contribution in [0.5, 0.6) is 11.5 Å². The Kier molecular flexibility index (Phi) is 4.98. The summed E-state index contributed by atoms with van der Waals surface area (Å²) in [5.74, 6) is 1.63. The molecule has 1 amide bonds. The molecule has 156 valence electrons. The van der Waals surface area contributed by atoms with Crippen molar-refractivity contribution in [3.8, 4) is 22.8 Å². The third kappa shape index (κ3) is 3.47. The van der Waals surface area contributed by atoms with Crippen LogP contribution in [-0.2, 0) is 7.05 Å². The second kappa shape index (κ2) is 7.80. The lowest BCUT2D eigenvalue weighted by atomic mass is 10.0. The average Bonchev–Trinajstić information content (AvgIpc) is 3.44. The lowest BCUT2D eigenvalue weighted by Crippen LogP contribution is -2.31. The van der Waals surface area contributed by atoms with E-state index >= 15 is 0 Å². The van der Waals surface area contributed by atoms with Gasteiger partial charge in [-0.1, -0.05) is 6.07 Å². The number of benzene rings is 1. The van der Waals surface area contributed by atoms with Crippen LogP contribution < -0.4 is 9.47 Å². The Labute approximate surface area is 180 Å². The monoisotopic (exact) mass is 423 g/mol. The predicted octanol–water partition coefficient (Wildman–Crippen LogP) is 4.60. The molecule has 3 aromatic rings. The van der Waals surface area contributed by atoms with Crippen LogP contribution in [0.25, 0.3) is 11.3 Å². The van der Waals surface area contributed by atoms with Crippen molar-refractivity contribution < 1.29 is 14.3 Å². The summed E-state index contributed by atoms with van der Waals surface area (Å²) in [6.07, 6.45) is 4.81. The lowest BCUT2D eigenvalue weighted by molar-refractivity contribution is 0.0725. The number of likely N-dealkylation sites (tertiary alicyclic amines) is 1. The van der Waals surface area contributed by atoms with Gasteiger partial charge in [-0.25, -0.2) is 4.98 Å². The number of hydrogen-bond acceptors (Lipinski definition) is 5. The van der Waals surface area contributed by atoms with E-state index in [1.165, 1.54) is 0 Å². The molecule has 0 spiro atoms. The summed E-state index contributed by atoms with van der Waals surface area (Å²) < 4.78 is 13.5. The summed E-state index contributed by atoms with van der Waals surface area (Å²) in [4.78, 5) is 20.0. The fraction of sp³-hybridized carbons (Fsp3) is 0.391. The fourth-order valence-electron chi connectivity index (χ4n) is 4.30. The van der Waals surface area contributed by atoms with Gasteiger partial charge in [-0.05, 0) is 43.5 Å². The molecule has 2 aromatic heterocycles. The van der Waals surface area contributed by atoms with E-state index in [1.54, 1.807) is 11.3 Å². The molecule has 1 unspecified atom stereocenters. The quantitative estimate of drug-likeness (QED) is 0.618. The van der Waals surface area contributed by atoms with Crippen molar-refractivity contribution in [2.75, 3.05) is 19.8 Å². The van der Waals surface area contributed by atoms with Gasteiger partial charge < -0.3 is 18.9 Å². The van der Waals surface area contributed by atoms with Crippen molar-refractivity contribution >= 4 is 17.2 Å². The van der Waals surface area contributed by atoms with E-state index in [-0.39, 0.29) is 11.9 Å². The summed E-state index contributed by atoms with van der Waals surface area (Å²) in [5, 5.41) is 3.06. The Morgan fingerprint density at radius 2 is 2.00 bits per heavy atom. The molecule has 1 fully saturated rings. The molecule has 0 saturated carbocycles. The van der Waals surface area contributed by atoms with E-state index in [4.69, 9.17) is 9.47 Å². The molecule has 6 nitrogen and oxygen atoms in total. The van der Waals surface area contributed by atoms with Gasteiger partial charge in [-0.2, -0.15) is 0 Å². The third-order valence-corrected chi connectivity index (χ3v) is 6.58. The first-order valence-corrected chi connectivity index (χ1v) is 11.3.